The number of hydrogen-bond acceptors (Lipinski definition) is 2. The van der Waals surface area contributed by atoms with Crippen molar-refractivity contribution in [3.8, 4) is 0 Å². The van der Waals surface area contributed by atoms with Gasteiger partial charge in [0.1, 0.15) is 0 Å². The first-order valence-electron chi connectivity index (χ1n) is 6.69. The zero-order valence-electron chi connectivity index (χ0n) is 12.6. The number of rotatable bonds is 6. The van der Waals surface area contributed by atoms with Crippen LogP contribution in [0.5, 0.6) is 0 Å². The van der Waals surface area contributed by atoms with E-state index < -0.39 is 0 Å². The lowest BCUT2D eigenvalue weighted by Gasteiger charge is -2.36. The van der Waals surface area contributed by atoms with E-state index in [1.54, 1.807) is 0 Å². The summed E-state index contributed by atoms with van der Waals surface area (Å²) in [6, 6.07) is 1.27. The van der Waals surface area contributed by atoms with E-state index in [0.29, 0.717) is 18.0 Å². The summed E-state index contributed by atoms with van der Waals surface area (Å²) in [4.78, 5) is 2.56. The van der Waals surface area contributed by atoms with E-state index in [2.05, 4.69) is 65.6 Å². The molecule has 0 saturated heterocycles. The molecule has 2 nitrogen and oxygen atoms in total. The minimum absolute atomic E-state index is 0.225. The molecular formula is C14H32N2. The average Bonchev–Trinajstić information content (AvgIpc) is 2.13. The molecule has 0 bridgehead atoms. The molecule has 0 aromatic rings. The van der Waals surface area contributed by atoms with Crippen molar-refractivity contribution in [2.45, 2.75) is 73.0 Å². The van der Waals surface area contributed by atoms with Gasteiger partial charge in [-0.25, -0.2) is 0 Å². The van der Waals surface area contributed by atoms with Crippen LogP contribution in [-0.2, 0) is 0 Å². The molecule has 0 fully saturated rings. The van der Waals surface area contributed by atoms with Gasteiger partial charge >= 0.3 is 0 Å². The first kappa shape index (κ1) is 15.9. The van der Waals surface area contributed by atoms with Gasteiger partial charge in [0, 0.05) is 17.6 Å². The van der Waals surface area contributed by atoms with Crippen molar-refractivity contribution in [2.75, 3.05) is 13.1 Å². The Morgan fingerprint density at radius 2 is 1.56 bits per heavy atom. The highest BCUT2D eigenvalue weighted by Gasteiger charge is 2.22. The second-order valence-corrected chi connectivity index (χ2v) is 6.27. The monoisotopic (exact) mass is 228 g/mol. The quantitative estimate of drug-likeness (QED) is 0.751. The van der Waals surface area contributed by atoms with Crippen molar-refractivity contribution in [2.24, 2.45) is 5.92 Å². The third-order valence-electron chi connectivity index (χ3n) is 3.33. The lowest BCUT2D eigenvalue weighted by atomic mass is 9.99. The summed E-state index contributed by atoms with van der Waals surface area (Å²) in [5.74, 6) is 0.682. The molecule has 0 heterocycles. The van der Waals surface area contributed by atoms with Crippen molar-refractivity contribution in [3.05, 3.63) is 0 Å². The maximum absolute atomic E-state index is 3.59. The van der Waals surface area contributed by atoms with E-state index >= 15 is 0 Å². The van der Waals surface area contributed by atoms with Gasteiger partial charge in [-0.1, -0.05) is 13.8 Å². The third-order valence-corrected chi connectivity index (χ3v) is 3.33. The standard InChI is InChI=1S/C14H32N2/c1-9-16(11(2)3)13(5)12(4)10-15-14(6,7)8/h11-13,15H,9-10H2,1-8H3. The Morgan fingerprint density at radius 3 is 1.88 bits per heavy atom. The Bertz CT molecular complexity index is 182. The van der Waals surface area contributed by atoms with Crippen LogP contribution in [0.1, 0.15) is 55.4 Å². The third kappa shape index (κ3) is 5.86. The first-order valence-corrected chi connectivity index (χ1v) is 6.69. The van der Waals surface area contributed by atoms with Gasteiger partial charge in [-0.3, -0.25) is 4.90 Å². The summed E-state index contributed by atoms with van der Waals surface area (Å²) >= 11 is 0. The molecule has 0 saturated carbocycles. The van der Waals surface area contributed by atoms with E-state index in [1.807, 2.05) is 0 Å². The summed E-state index contributed by atoms with van der Waals surface area (Å²) in [5, 5.41) is 3.59. The van der Waals surface area contributed by atoms with Gasteiger partial charge in [-0.2, -0.15) is 0 Å². The van der Waals surface area contributed by atoms with Crippen molar-refractivity contribution in [1.82, 2.24) is 10.2 Å². The molecule has 98 valence electrons. The molecular weight excluding hydrogens is 196 g/mol. The van der Waals surface area contributed by atoms with Crippen LogP contribution in [0.15, 0.2) is 0 Å². The fourth-order valence-electron chi connectivity index (χ4n) is 2.09. The second-order valence-electron chi connectivity index (χ2n) is 6.27. The van der Waals surface area contributed by atoms with Crippen molar-refractivity contribution < 1.29 is 0 Å². The topological polar surface area (TPSA) is 15.3 Å². The largest absolute Gasteiger partial charge is 0.312 e. The molecule has 0 aliphatic heterocycles. The van der Waals surface area contributed by atoms with Crippen LogP contribution in [-0.4, -0.2) is 35.6 Å². The Balaban J connectivity index is 4.21. The van der Waals surface area contributed by atoms with Gasteiger partial charge in [0.05, 0.1) is 0 Å². The van der Waals surface area contributed by atoms with Crippen molar-refractivity contribution in [3.63, 3.8) is 0 Å². The summed E-state index contributed by atoms with van der Waals surface area (Å²) in [6.45, 7) is 20.4. The summed E-state index contributed by atoms with van der Waals surface area (Å²) in [5.41, 5.74) is 0.225. The summed E-state index contributed by atoms with van der Waals surface area (Å²) in [7, 11) is 0. The Kier molecular flexibility index (Phi) is 6.57. The lowest BCUT2D eigenvalue weighted by molar-refractivity contribution is 0.127. The highest BCUT2D eigenvalue weighted by Crippen LogP contribution is 2.14. The summed E-state index contributed by atoms with van der Waals surface area (Å²) < 4.78 is 0. The molecule has 2 atom stereocenters. The van der Waals surface area contributed by atoms with Crippen LogP contribution < -0.4 is 5.32 Å². The van der Waals surface area contributed by atoms with Crippen LogP contribution in [0.25, 0.3) is 0 Å². The Morgan fingerprint density at radius 1 is 1.06 bits per heavy atom. The minimum atomic E-state index is 0.225. The van der Waals surface area contributed by atoms with Gasteiger partial charge in [-0.15, -0.1) is 0 Å². The second kappa shape index (κ2) is 6.61. The molecule has 2 unspecified atom stereocenters. The van der Waals surface area contributed by atoms with Crippen molar-refractivity contribution >= 4 is 0 Å². The maximum Gasteiger partial charge on any atom is 0.0107 e. The molecule has 0 spiro atoms. The maximum atomic E-state index is 3.59. The van der Waals surface area contributed by atoms with Gasteiger partial charge in [-0.05, 0) is 60.5 Å². The van der Waals surface area contributed by atoms with Crippen LogP contribution in [0.2, 0.25) is 0 Å². The van der Waals surface area contributed by atoms with Crippen LogP contribution >= 0.6 is 0 Å². The predicted molar refractivity (Wildman–Crippen MR) is 73.9 cm³/mol. The molecule has 16 heavy (non-hydrogen) atoms. The number of nitrogens with zero attached hydrogens (tertiary/aromatic N) is 1. The van der Waals surface area contributed by atoms with Crippen LogP contribution in [0.4, 0.5) is 0 Å². The minimum Gasteiger partial charge on any atom is -0.312 e. The summed E-state index contributed by atoms with van der Waals surface area (Å²) in [6.07, 6.45) is 0. The normalized spacial score (nSPS) is 16.9. The zero-order valence-corrected chi connectivity index (χ0v) is 12.6. The fourth-order valence-corrected chi connectivity index (χ4v) is 2.09. The fraction of sp³-hybridized carbons (Fsp3) is 1.00. The highest BCUT2D eigenvalue weighted by molar-refractivity contribution is 4.79. The molecule has 0 aromatic heterocycles. The average molecular weight is 228 g/mol. The SMILES string of the molecule is CCN(C(C)C)C(C)C(C)CNC(C)(C)C. The van der Waals surface area contributed by atoms with E-state index in [4.69, 9.17) is 0 Å². The van der Waals surface area contributed by atoms with E-state index in [0.717, 1.165) is 13.1 Å². The van der Waals surface area contributed by atoms with Gasteiger partial charge in [0.25, 0.3) is 0 Å². The first-order chi connectivity index (χ1) is 7.19. The Labute approximate surface area is 103 Å². The molecule has 2 heteroatoms. The molecule has 0 aromatic carbocycles. The smallest absolute Gasteiger partial charge is 0.0107 e. The molecule has 0 aliphatic rings. The van der Waals surface area contributed by atoms with E-state index in [9.17, 15) is 0 Å². The molecule has 0 rings (SSSR count). The Hall–Kier alpha value is -0.0800. The van der Waals surface area contributed by atoms with Gasteiger partial charge in [0.15, 0.2) is 0 Å². The molecule has 0 radical (unpaired) electrons. The van der Waals surface area contributed by atoms with E-state index in [1.165, 1.54) is 0 Å². The van der Waals surface area contributed by atoms with E-state index in [-0.39, 0.29) is 5.54 Å². The number of nitrogens with one attached hydrogen (secondary N) is 1. The van der Waals surface area contributed by atoms with Gasteiger partial charge in [0.2, 0.25) is 0 Å². The predicted octanol–water partition coefficient (Wildman–Crippen LogP) is 3.13. The number of hydrogen-bond donors (Lipinski definition) is 1. The zero-order chi connectivity index (χ0) is 12.9. The van der Waals surface area contributed by atoms with Crippen LogP contribution in [0, 0.1) is 5.92 Å². The van der Waals surface area contributed by atoms with Gasteiger partial charge < -0.3 is 5.32 Å². The highest BCUT2D eigenvalue weighted by atomic mass is 15.2. The van der Waals surface area contributed by atoms with Crippen LogP contribution in [0.3, 0.4) is 0 Å². The molecule has 1 N–H and O–H groups in total. The van der Waals surface area contributed by atoms with Crippen molar-refractivity contribution in [1.29, 1.82) is 0 Å². The lowest BCUT2D eigenvalue weighted by Crippen LogP contribution is -2.47. The molecule has 0 amide bonds. The molecule has 0 aliphatic carbocycles.